The Balaban J connectivity index is 2.14. The van der Waals surface area contributed by atoms with Crippen LogP contribution in [-0.4, -0.2) is 23.8 Å². The Bertz CT molecular complexity index is 558. The molecule has 0 fully saturated rings. The summed E-state index contributed by atoms with van der Waals surface area (Å²) in [6, 6.07) is 6.72. The van der Waals surface area contributed by atoms with Crippen molar-refractivity contribution in [1.82, 2.24) is 15.5 Å². The normalized spacial score (nSPS) is 12.4. The summed E-state index contributed by atoms with van der Waals surface area (Å²) in [5.74, 6) is 0.170. The molecule has 0 spiro atoms. The Labute approximate surface area is 117 Å². The summed E-state index contributed by atoms with van der Waals surface area (Å²) in [5, 5.41) is 11.2. The van der Waals surface area contributed by atoms with Gasteiger partial charge in [-0.2, -0.15) is 0 Å². The Morgan fingerprint density at radius 2 is 2.10 bits per heavy atom. The minimum absolute atomic E-state index is 0.0229. The first-order valence-electron chi connectivity index (χ1n) is 6.68. The van der Waals surface area contributed by atoms with E-state index in [-0.39, 0.29) is 17.9 Å². The first-order valence-corrected chi connectivity index (χ1v) is 6.68. The molecule has 0 amide bonds. The van der Waals surface area contributed by atoms with Crippen molar-refractivity contribution in [2.75, 3.05) is 18.5 Å². The number of halogens is 1. The van der Waals surface area contributed by atoms with Crippen LogP contribution in [0.5, 0.6) is 0 Å². The number of hydrogen-bond donors (Lipinski definition) is 1. The minimum atomic E-state index is -0.327. The van der Waals surface area contributed by atoms with E-state index in [0.717, 1.165) is 13.0 Å². The zero-order chi connectivity index (χ0) is 14.5. The Morgan fingerprint density at radius 3 is 2.80 bits per heavy atom. The number of para-hydroxylation sites is 1. The number of aromatic nitrogens is 2. The second-order valence-electron chi connectivity index (χ2n) is 4.61. The van der Waals surface area contributed by atoms with Crippen molar-refractivity contribution in [3.63, 3.8) is 0 Å². The average molecular weight is 278 g/mol. The number of nitrogens with zero attached hydrogens (tertiary/aromatic N) is 3. The van der Waals surface area contributed by atoms with Gasteiger partial charge in [-0.25, -0.2) is 4.39 Å². The van der Waals surface area contributed by atoms with Crippen molar-refractivity contribution in [1.29, 1.82) is 0 Å². The van der Waals surface area contributed by atoms with Gasteiger partial charge in [-0.1, -0.05) is 24.2 Å². The van der Waals surface area contributed by atoms with Gasteiger partial charge < -0.3 is 9.73 Å². The predicted molar refractivity (Wildman–Crippen MR) is 75.5 cm³/mol. The second kappa shape index (κ2) is 6.47. The summed E-state index contributed by atoms with van der Waals surface area (Å²) in [7, 11) is 1.69. The number of anilines is 2. The lowest BCUT2D eigenvalue weighted by Crippen LogP contribution is -2.19. The molecule has 1 atom stereocenters. The SMILES string of the molecule is CCCNC(C)c1nnc(N(C)c2ccccc2F)o1. The third-order valence-electron chi connectivity index (χ3n) is 3.00. The molecule has 1 N–H and O–H groups in total. The smallest absolute Gasteiger partial charge is 0.322 e. The molecular formula is C14H19FN4O. The van der Waals surface area contributed by atoms with Gasteiger partial charge in [-0.15, -0.1) is 5.10 Å². The summed E-state index contributed by atoms with van der Waals surface area (Å²) in [6.45, 7) is 4.92. The van der Waals surface area contributed by atoms with Crippen molar-refractivity contribution < 1.29 is 8.81 Å². The van der Waals surface area contributed by atoms with Gasteiger partial charge in [0.2, 0.25) is 5.89 Å². The Kier molecular flexibility index (Phi) is 4.68. The molecule has 6 heteroatoms. The monoisotopic (exact) mass is 278 g/mol. The van der Waals surface area contributed by atoms with Gasteiger partial charge in [0.15, 0.2) is 0 Å². The van der Waals surface area contributed by atoms with Gasteiger partial charge in [0.25, 0.3) is 0 Å². The van der Waals surface area contributed by atoms with Crippen LogP contribution in [0.15, 0.2) is 28.7 Å². The molecule has 1 unspecified atom stereocenters. The Hall–Kier alpha value is -1.95. The number of benzene rings is 1. The van der Waals surface area contributed by atoms with Crippen LogP contribution in [0.25, 0.3) is 0 Å². The van der Waals surface area contributed by atoms with Crippen LogP contribution in [0, 0.1) is 5.82 Å². The average Bonchev–Trinajstić information content (AvgIpc) is 2.94. The number of hydrogen-bond acceptors (Lipinski definition) is 5. The summed E-state index contributed by atoms with van der Waals surface area (Å²) in [6.07, 6.45) is 1.03. The third kappa shape index (κ3) is 3.14. The van der Waals surface area contributed by atoms with Gasteiger partial charge >= 0.3 is 6.01 Å². The van der Waals surface area contributed by atoms with Crippen LogP contribution in [-0.2, 0) is 0 Å². The molecule has 2 aromatic rings. The zero-order valence-electron chi connectivity index (χ0n) is 11.9. The highest BCUT2D eigenvalue weighted by Gasteiger charge is 2.18. The standard InChI is InChI=1S/C14H19FN4O/c1-4-9-16-10(2)13-17-18-14(20-13)19(3)12-8-6-5-7-11(12)15/h5-8,10,16H,4,9H2,1-3H3. The number of nitrogens with one attached hydrogen (secondary N) is 1. The number of rotatable bonds is 6. The summed E-state index contributed by atoms with van der Waals surface area (Å²) < 4.78 is 19.3. The van der Waals surface area contributed by atoms with Crippen molar-refractivity contribution >= 4 is 11.7 Å². The molecule has 0 aliphatic rings. The fourth-order valence-electron chi connectivity index (χ4n) is 1.81. The fourth-order valence-corrected chi connectivity index (χ4v) is 1.81. The van der Waals surface area contributed by atoms with E-state index in [2.05, 4.69) is 22.4 Å². The molecule has 5 nitrogen and oxygen atoms in total. The molecule has 20 heavy (non-hydrogen) atoms. The van der Waals surface area contributed by atoms with E-state index in [0.29, 0.717) is 11.6 Å². The maximum Gasteiger partial charge on any atom is 0.322 e. The molecule has 108 valence electrons. The molecule has 0 radical (unpaired) electrons. The maximum absolute atomic E-state index is 13.7. The van der Waals surface area contributed by atoms with Gasteiger partial charge in [-0.3, -0.25) is 4.90 Å². The van der Waals surface area contributed by atoms with E-state index >= 15 is 0 Å². The highest BCUT2D eigenvalue weighted by atomic mass is 19.1. The van der Waals surface area contributed by atoms with Gasteiger partial charge in [0.05, 0.1) is 11.7 Å². The van der Waals surface area contributed by atoms with E-state index in [1.807, 2.05) is 6.92 Å². The molecule has 0 saturated carbocycles. The molecule has 0 aliphatic heterocycles. The topological polar surface area (TPSA) is 54.2 Å². The lowest BCUT2D eigenvalue weighted by molar-refractivity contribution is 0.419. The first-order chi connectivity index (χ1) is 9.63. The van der Waals surface area contributed by atoms with Crippen LogP contribution >= 0.6 is 0 Å². The molecule has 2 rings (SSSR count). The van der Waals surface area contributed by atoms with E-state index in [9.17, 15) is 4.39 Å². The molecular weight excluding hydrogens is 259 g/mol. The second-order valence-corrected chi connectivity index (χ2v) is 4.61. The van der Waals surface area contributed by atoms with E-state index in [4.69, 9.17) is 4.42 Å². The van der Waals surface area contributed by atoms with Gasteiger partial charge in [0, 0.05) is 7.05 Å². The molecule has 1 aromatic carbocycles. The molecule has 0 saturated heterocycles. The van der Waals surface area contributed by atoms with Crippen LogP contribution in [0.1, 0.15) is 32.2 Å². The molecule has 1 heterocycles. The van der Waals surface area contributed by atoms with E-state index in [1.54, 1.807) is 30.1 Å². The summed E-state index contributed by atoms with van der Waals surface area (Å²) in [4.78, 5) is 1.54. The predicted octanol–water partition coefficient (Wildman–Crippen LogP) is 3.04. The maximum atomic E-state index is 13.7. The first kappa shape index (κ1) is 14.5. The quantitative estimate of drug-likeness (QED) is 0.880. The fraction of sp³-hybridized carbons (Fsp3) is 0.429. The van der Waals surface area contributed by atoms with Crippen LogP contribution in [0.3, 0.4) is 0 Å². The van der Waals surface area contributed by atoms with Crippen molar-refractivity contribution in [2.45, 2.75) is 26.3 Å². The zero-order valence-corrected chi connectivity index (χ0v) is 11.9. The highest BCUT2D eigenvalue weighted by Crippen LogP contribution is 2.25. The lowest BCUT2D eigenvalue weighted by Gasteiger charge is -2.14. The van der Waals surface area contributed by atoms with Gasteiger partial charge in [-0.05, 0) is 32.0 Å². The summed E-state index contributed by atoms with van der Waals surface area (Å²) >= 11 is 0. The van der Waals surface area contributed by atoms with E-state index in [1.165, 1.54) is 6.07 Å². The van der Waals surface area contributed by atoms with E-state index < -0.39 is 0 Å². The minimum Gasteiger partial charge on any atom is -0.406 e. The van der Waals surface area contributed by atoms with Crippen LogP contribution in [0.2, 0.25) is 0 Å². The van der Waals surface area contributed by atoms with Gasteiger partial charge in [0.1, 0.15) is 5.82 Å². The summed E-state index contributed by atoms with van der Waals surface area (Å²) in [5.41, 5.74) is 0.400. The largest absolute Gasteiger partial charge is 0.406 e. The van der Waals surface area contributed by atoms with Crippen molar-refractivity contribution in [3.8, 4) is 0 Å². The Morgan fingerprint density at radius 1 is 1.35 bits per heavy atom. The third-order valence-corrected chi connectivity index (χ3v) is 3.00. The van der Waals surface area contributed by atoms with Crippen LogP contribution in [0.4, 0.5) is 16.1 Å². The lowest BCUT2D eigenvalue weighted by atomic mass is 10.3. The highest BCUT2D eigenvalue weighted by molar-refractivity contribution is 5.55. The molecule has 0 aliphatic carbocycles. The molecule has 0 bridgehead atoms. The van der Waals surface area contributed by atoms with Crippen molar-refractivity contribution in [2.24, 2.45) is 0 Å². The molecule has 1 aromatic heterocycles. The van der Waals surface area contributed by atoms with Crippen molar-refractivity contribution in [3.05, 3.63) is 36.0 Å². The van der Waals surface area contributed by atoms with Crippen LogP contribution < -0.4 is 10.2 Å².